The summed E-state index contributed by atoms with van der Waals surface area (Å²) in [5.74, 6) is 0. The van der Waals surface area contributed by atoms with Crippen molar-refractivity contribution in [3.8, 4) is 0 Å². The molecule has 1 aromatic heterocycles. The van der Waals surface area contributed by atoms with E-state index >= 15 is 0 Å². The molecular weight excluding hydrogens is 226 g/mol. The fourth-order valence-electron chi connectivity index (χ4n) is 2.34. The van der Waals surface area contributed by atoms with Crippen LogP contribution in [0, 0.1) is 0 Å². The third-order valence-electron chi connectivity index (χ3n) is 3.51. The maximum Gasteiger partial charge on any atom is 0.0723 e. The first kappa shape index (κ1) is 13.3. The van der Waals surface area contributed by atoms with Crippen LogP contribution in [0.4, 0.5) is 5.69 Å². The Kier molecular flexibility index (Phi) is 4.19. The van der Waals surface area contributed by atoms with Crippen LogP contribution >= 0.6 is 0 Å². The second kappa shape index (κ2) is 5.67. The minimum absolute atomic E-state index is 0.00960. The van der Waals surface area contributed by atoms with Gasteiger partial charge in [-0.3, -0.25) is 4.98 Å². The number of nitrogens with two attached hydrogens (primary N) is 1. The van der Waals surface area contributed by atoms with E-state index in [1.165, 1.54) is 5.69 Å². The first-order chi connectivity index (χ1) is 8.61. The molecule has 2 unspecified atom stereocenters. The molecule has 3 atom stereocenters. The summed E-state index contributed by atoms with van der Waals surface area (Å²) in [6.45, 7) is 7.99. The fourth-order valence-corrected chi connectivity index (χ4v) is 2.34. The number of pyridine rings is 1. The van der Waals surface area contributed by atoms with E-state index in [-0.39, 0.29) is 12.1 Å². The Morgan fingerprint density at radius 3 is 2.89 bits per heavy atom. The Morgan fingerprint density at radius 1 is 1.56 bits per heavy atom. The van der Waals surface area contributed by atoms with E-state index < -0.39 is 0 Å². The van der Waals surface area contributed by atoms with Crippen molar-refractivity contribution in [3.63, 3.8) is 0 Å². The SMILES string of the molecule is CCC1COC(C)CN1c1ccc([C@H](C)N)nc1. The van der Waals surface area contributed by atoms with Gasteiger partial charge in [-0.2, -0.15) is 0 Å². The number of hydrogen-bond acceptors (Lipinski definition) is 4. The molecule has 0 aromatic carbocycles. The molecule has 0 saturated carbocycles. The summed E-state index contributed by atoms with van der Waals surface area (Å²) in [6.07, 6.45) is 3.29. The number of hydrogen-bond donors (Lipinski definition) is 1. The van der Waals surface area contributed by atoms with E-state index in [4.69, 9.17) is 10.5 Å². The lowest BCUT2D eigenvalue weighted by molar-refractivity contribution is 0.0299. The molecule has 0 aliphatic carbocycles. The number of anilines is 1. The molecule has 2 N–H and O–H groups in total. The van der Waals surface area contributed by atoms with Gasteiger partial charge in [0.2, 0.25) is 0 Å². The Balaban J connectivity index is 2.17. The Morgan fingerprint density at radius 2 is 2.33 bits per heavy atom. The molecular formula is C14H23N3O. The molecule has 0 amide bonds. The summed E-state index contributed by atoms with van der Waals surface area (Å²) in [6, 6.07) is 4.58. The van der Waals surface area contributed by atoms with Gasteiger partial charge in [-0.1, -0.05) is 6.92 Å². The summed E-state index contributed by atoms with van der Waals surface area (Å²) in [5.41, 5.74) is 7.93. The van der Waals surface area contributed by atoms with Crippen LogP contribution in [0.3, 0.4) is 0 Å². The van der Waals surface area contributed by atoms with Gasteiger partial charge >= 0.3 is 0 Å². The molecule has 4 nitrogen and oxygen atoms in total. The van der Waals surface area contributed by atoms with E-state index in [0.717, 1.165) is 25.3 Å². The summed E-state index contributed by atoms with van der Waals surface area (Å²) in [4.78, 5) is 6.83. The van der Waals surface area contributed by atoms with Crippen molar-refractivity contribution in [1.82, 2.24) is 4.98 Å². The van der Waals surface area contributed by atoms with Gasteiger partial charge in [-0.15, -0.1) is 0 Å². The van der Waals surface area contributed by atoms with E-state index in [9.17, 15) is 0 Å². The van der Waals surface area contributed by atoms with Gasteiger partial charge in [0.15, 0.2) is 0 Å². The molecule has 1 aromatic rings. The monoisotopic (exact) mass is 249 g/mol. The minimum Gasteiger partial charge on any atom is -0.375 e. The number of rotatable bonds is 3. The third-order valence-corrected chi connectivity index (χ3v) is 3.51. The second-order valence-electron chi connectivity index (χ2n) is 5.09. The molecule has 1 aliphatic rings. The van der Waals surface area contributed by atoms with Gasteiger partial charge in [0.25, 0.3) is 0 Å². The van der Waals surface area contributed by atoms with E-state index in [1.807, 2.05) is 19.2 Å². The summed E-state index contributed by atoms with van der Waals surface area (Å²) >= 11 is 0. The minimum atomic E-state index is -0.00960. The maximum atomic E-state index is 5.82. The van der Waals surface area contributed by atoms with Gasteiger partial charge < -0.3 is 15.4 Å². The second-order valence-corrected chi connectivity index (χ2v) is 5.09. The van der Waals surface area contributed by atoms with Crippen LogP contribution in [-0.4, -0.2) is 30.3 Å². The van der Waals surface area contributed by atoms with Gasteiger partial charge in [-0.25, -0.2) is 0 Å². The van der Waals surface area contributed by atoms with Crippen LogP contribution in [0.25, 0.3) is 0 Å². The smallest absolute Gasteiger partial charge is 0.0723 e. The Labute approximate surface area is 109 Å². The number of morpholine rings is 1. The van der Waals surface area contributed by atoms with Crippen LogP contribution in [0.15, 0.2) is 18.3 Å². The molecule has 2 rings (SSSR count). The highest BCUT2D eigenvalue weighted by atomic mass is 16.5. The van der Waals surface area contributed by atoms with Crippen molar-refractivity contribution >= 4 is 5.69 Å². The van der Waals surface area contributed by atoms with Crippen LogP contribution in [0.5, 0.6) is 0 Å². The summed E-state index contributed by atoms with van der Waals surface area (Å²) in [7, 11) is 0. The lowest BCUT2D eigenvalue weighted by Crippen LogP contribution is -2.48. The van der Waals surface area contributed by atoms with Crippen molar-refractivity contribution < 1.29 is 4.74 Å². The molecule has 2 heterocycles. The van der Waals surface area contributed by atoms with Crippen LogP contribution in [0.1, 0.15) is 38.9 Å². The lowest BCUT2D eigenvalue weighted by atomic mass is 10.1. The quantitative estimate of drug-likeness (QED) is 0.891. The molecule has 1 fully saturated rings. The number of nitrogens with zero attached hydrogens (tertiary/aromatic N) is 2. The largest absolute Gasteiger partial charge is 0.375 e. The third kappa shape index (κ3) is 2.82. The summed E-state index contributed by atoms with van der Waals surface area (Å²) < 4.78 is 5.71. The van der Waals surface area contributed by atoms with Gasteiger partial charge in [0, 0.05) is 12.6 Å². The summed E-state index contributed by atoms with van der Waals surface area (Å²) in [5, 5.41) is 0. The van der Waals surface area contributed by atoms with Gasteiger partial charge in [0.1, 0.15) is 0 Å². The first-order valence-electron chi connectivity index (χ1n) is 6.71. The molecule has 100 valence electrons. The average Bonchev–Trinajstić information content (AvgIpc) is 2.39. The Hall–Kier alpha value is -1.13. The lowest BCUT2D eigenvalue weighted by Gasteiger charge is -2.39. The zero-order chi connectivity index (χ0) is 13.1. The van der Waals surface area contributed by atoms with Crippen molar-refractivity contribution in [2.45, 2.75) is 45.4 Å². The average molecular weight is 249 g/mol. The highest BCUT2D eigenvalue weighted by Gasteiger charge is 2.25. The van der Waals surface area contributed by atoms with Crippen molar-refractivity contribution in [2.75, 3.05) is 18.1 Å². The molecule has 0 bridgehead atoms. The molecule has 18 heavy (non-hydrogen) atoms. The van der Waals surface area contributed by atoms with Crippen LogP contribution < -0.4 is 10.6 Å². The van der Waals surface area contributed by atoms with Gasteiger partial charge in [0.05, 0.1) is 36.3 Å². The Bertz CT molecular complexity index is 377. The first-order valence-corrected chi connectivity index (χ1v) is 6.71. The highest BCUT2D eigenvalue weighted by Crippen LogP contribution is 2.23. The number of aromatic nitrogens is 1. The molecule has 1 aliphatic heterocycles. The fraction of sp³-hybridized carbons (Fsp3) is 0.643. The molecule has 4 heteroatoms. The van der Waals surface area contributed by atoms with Gasteiger partial charge in [-0.05, 0) is 32.4 Å². The van der Waals surface area contributed by atoms with E-state index in [2.05, 4.69) is 29.8 Å². The van der Waals surface area contributed by atoms with Crippen LogP contribution in [0.2, 0.25) is 0 Å². The highest BCUT2D eigenvalue weighted by molar-refractivity contribution is 5.46. The topological polar surface area (TPSA) is 51.4 Å². The zero-order valence-corrected chi connectivity index (χ0v) is 11.5. The molecule has 0 radical (unpaired) electrons. The normalized spacial score (nSPS) is 26.1. The van der Waals surface area contributed by atoms with Crippen molar-refractivity contribution in [2.24, 2.45) is 5.73 Å². The standard InChI is InChI=1S/C14H23N3O/c1-4-12-9-18-10(2)8-17(12)13-5-6-14(11(3)15)16-7-13/h5-7,10-12H,4,8-9,15H2,1-3H3/t10?,11-,12?/m0/s1. The van der Waals surface area contributed by atoms with E-state index in [0.29, 0.717) is 6.04 Å². The van der Waals surface area contributed by atoms with Crippen molar-refractivity contribution in [1.29, 1.82) is 0 Å². The predicted molar refractivity (Wildman–Crippen MR) is 73.7 cm³/mol. The number of ether oxygens (including phenoxy) is 1. The van der Waals surface area contributed by atoms with Crippen LogP contribution in [-0.2, 0) is 4.74 Å². The molecule has 1 saturated heterocycles. The maximum absolute atomic E-state index is 5.82. The zero-order valence-electron chi connectivity index (χ0n) is 11.5. The predicted octanol–water partition coefficient (Wildman–Crippen LogP) is 2.11. The molecule has 0 spiro atoms. The van der Waals surface area contributed by atoms with Crippen molar-refractivity contribution in [3.05, 3.63) is 24.0 Å². The van der Waals surface area contributed by atoms with E-state index in [1.54, 1.807) is 0 Å².